The highest BCUT2D eigenvalue weighted by Gasteiger charge is 2.35. The third-order valence-corrected chi connectivity index (χ3v) is 3.87. The van der Waals surface area contributed by atoms with Gasteiger partial charge < -0.3 is 0 Å². The van der Waals surface area contributed by atoms with Crippen molar-refractivity contribution in [2.75, 3.05) is 0 Å². The number of nitrogens with zero attached hydrogens (tertiary/aromatic N) is 1. The summed E-state index contributed by atoms with van der Waals surface area (Å²) in [6.07, 6.45) is 2.01. The lowest BCUT2D eigenvalue weighted by Gasteiger charge is -2.33. The van der Waals surface area contributed by atoms with E-state index >= 15 is 0 Å². The Labute approximate surface area is 106 Å². The van der Waals surface area contributed by atoms with Crippen LogP contribution in [0.25, 0.3) is 0 Å². The van der Waals surface area contributed by atoms with Gasteiger partial charge in [0.1, 0.15) is 11.6 Å². The van der Waals surface area contributed by atoms with Crippen molar-refractivity contribution >= 4 is 5.78 Å². The largest absolute Gasteiger partial charge is 0.299 e. The lowest BCUT2D eigenvalue weighted by Crippen LogP contribution is -2.31. The molecule has 1 aromatic rings. The number of carbonyl (C=O) groups is 1. The number of hydrogen-bond donors (Lipinski definition) is 0. The molecule has 0 spiro atoms. The second-order valence-electron chi connectivity index (χ2n) is 5.59. The van der Waals surface area contributed by atoms with E-state index in [1.165, 1.54) is 6.07 Å². The van der Waals surface area contributed by atoms with Crippen LogP contribution in [0.1, 0.15) is 50.2 Å². The van der Waals surface area contributed by atoms with Gasteiger partial charge in [-0.05, 0) is 36.5 Å². The number of rotatable bonds is 1. The molecule has 1 aromatic carbocycles. The minimum absolute atomic E-state index is 0.0433. The normalized spacial score (nSPS) is 22.6. The maximum absolute atomic E-state index is 13.9. The summed E-state index contributed by atoms with van der Waals surface area (Å²) in [4.78, 5) is 12.0. The van der Waals surface area contributed by atoms with Gasteiger partial charge in [-0.3, -0.25) is 4.79 Å². The molecule has 0 bridgehead atoms. The molecule has 0 aromatic heterocycles. The molecule has 18 heavy (non-hydrogen) atoms. The zero-order valence-electron chi connectivity index (χ0n) is 10.7. The number of Topliss-reactive ketones (excluding diaryl/α,β-unsaturated/α-hetero) is 1. The average molecular weight is 245 g/mol. The van der Waals surface area contributed by atoms with Crippen molar-refractivity contribution in [3.05, 3.63) is 35.1 Å². The van der Waals surface area contributed by atoms with Crippen LogP contribution < -0.4 is 0 Å². The minimum Gasteiger partial charge on any atom is -0.299 e. The van der Waals surface area contributed by atoms with Crippen molar-refractivity contribution in [2.45, 2.75) is 39.0 Å². The molecule has 0 saturated heterocycles. The van der Waals surface area contributed by atoms with Gasteiger partial charge in [-0.2, -0.15) is 5.26 Å². The second-order valence-corrected chi connectivity index (χ2v) is 5.59. The standard InChI is InChI=1S/C15H16FNO/c1-15(2)6-5-11(8-14(15)18)12-4-3-10(9-17)7-13(12)16/h3-4,7,11H,5-6,8H2,1-2H3. The lowest BCUT2D eigenvalue weighted by atomic mass is 9.70. The highest BCUT2D eigenvalue weighted by Crippen LogP contribution is 2.40. The molecule has 1 saturated carbocycles. The van der Waals surface area contributed by atoms with Crippen molar-refractivity contribution < 1.29 is 9.18 Å². The molecular weight excluding hydrogens is 229 g/mol. The summed E-state index contributed by atoms with van der Waals surface area (Å²) in [6, 6.07) is 6.42. The molecule has 0 amide bonds. The minimum atomic E-state index is -0.369. The monoisotopic (exact) mass is 245 g/mol. The van der Waals surface area contributed by atoms with Gasteiger partial charge in [0, 0.05) is 11.8 Å². The van der Waals surface area contributed by atoms with Crippen molar-refractivity contribution in [3.8, 4) is 6.07 Å². The summed E-state index contributed by atoms with van der Waals surface area (Å²) < 4.78 is 13.9. The number of ketones is 1. The molecule has 0 N–H and O–H groups in total. The lowest BCUT2D eigenvalue weighted by molar-refractivity contribution is -0.129. The van der Waals surface area contributed by atoms with E-state index in [2.05, 4.69) is 0 Å². The quantitative estimate of drug-likeness (QED) is 0.759. The predicted molar refractivity (Wildman–Crippen MR) is 66.5 cm³/mol. The van der Waals surface area contributed by atoms with Crippen LogP contribution in [0.3, 0.4) is 0 Å². The topological polar surface area (TPSA) is 40.9 Å². The smallest absolute Gasteiger partial charge is 0.139 e. The van der Waals surface area contributed by atoms with Crippen LogP contribution in [0.4, 0.5) is 4.39 Å². The van der Waals surface area contributed by atoms with Gasteiger partial charge >= 0.3 is 0 Å². The maximum atomic E-state index is 13.9. The first-order valence-electron chi connectivity index (χ1n) is 6.17. The van der Waals surface area contributed by atoms with E-state index in [0.717, 1.165) is 12.8 Å². The Kier molecular flexibility index (Phi) is 3.21. The molecule has 0 heterocycles. The molecule has 1 atom stereocenters. The molecule has 0 aliphatic heterocycles. The third kappa shape index (κ3) is 2.28. The Morgan fingerprint density at radius 1 is 1.44 bits per heavy atom. The molecule has 2 nitrogen and oxygen atoms in total. The van der Waals surface area contributed by atoms with Gasteiger partial charge in [0.25, 0.3) is 0 Å². The fourth-order valence-corrected chi connectivity index (χ4v) is 2.47. The molecule has 1 fully saturated rings. The predicted octanol–water partition coefficient (Wildman–Crippen LogP) is 3.56. The number of nitriles is 1. The first-order chi connectivity index (χ1) is 8.44. The van der Waals surface area contributed by atoms with Crippen LogP contribution in [0.2, 0.25) is 0 Å². The van der Waals surface area contributed by atoms with Gasteiger partial charge in [0.05, 0.1) is 11.6 Å². The molecule has 2 rings (SSSR count). The van der Waals surface area contributed by atoms with Gasteiger partial charge in [-0.1, -0.05) is 19.9 Å². The summed E-state index contributed by atoms with van der Waals surface area (Å²) in [5.74, 6) is -0.215. The van der Waals surface area contributed by atoms with Crippen LogP contribution in [0.5, 0.6) is 0 Å². The number of halogens is 1. The van der Waals surface area contributed by atoms with Crippen LogP contribution in [0.15, 0.2) is 18.2 Å². The fourth-order valence-electron chi connectivity index (χ4n) is 2.47. The Balaban J connectivity index is 2.24. The van der Waals surface area contributed by atoms with E-state index in [1.54, 1.807) is 12.1 Å². The number of carbonyl (C=O) groups excluding carboxylic acids is 1. The molecule has 3 heteroatoms. The molecule has 1 aliphatic rings. The summed E-state index contributed by atoms with van der Waals surface area (Å²) in [7, 11) is 0. The number of hydrogen-bond acceptors (Lipinski definition) is 2. The van der Waals surface area contributed by atoms with Crippen LogP contribution >= 0.6 is 0 Å². The number of benzene rings is 1. The summed E-state index contributed by atoms with van der Waals surface area (Å²) in [5, 5.41) is 8.70. The fraction of sp³-hybridized carbons (Fsp3) is 0.467. The van der Waals surface area contributed by atoms with Crippen molar-refractivity contribution in [1.82, 2.24) is 0 Å². The van der Waals surface area contributed by atoms with E-state index in [4.69, 9.17) is 5.26 Å². The molecule has 94 valence electrons. The Morgan fingerprint density at radius 3 is 2.72 bits per heavy atom. The first-order valence-corrected chi connectivity index (χ1v) is 6.17. The van der Waals surface area contributed by atoms with E-state index < -0.39 is 0 Å². The van der Waals surface area contributed by atoms with E-state index in [9.17, 15) is 9.18 Å². The first kappa shape index (κ1) is 12.8. The van der Waals surface area contributed by atoms with Gasteiger partial charge in [0.15, 0.2) is 0 Å². The van der Waals surface area contributed by atoms with Crippen LogP contribution in [0, 0.1) is 22.6 Å². The second kappa shape index (κ2) is 4.53. The molecule has 1 aliphatic carbocycles. The SMILES string of the molecule is CC1(C)CCC(c2ccc(C#N)cc2F)CC1=O. The van der Waals surface area contributed by atoms with Gasteiger partial charge in [-0.25, -0.2) is 4.39 Å². The third-order valence-electron chi connectivity index (χ3n) is 3.87. The van der Waals surface area contributed by atoms with Crippen molar-refractivity contribution in [1.29, 1.82) is 5.26 Å². The molecule has 1 unspecified atom stereocenters. The van der Waals surface area contributed by atoms with Crippen LogP contribution in [-0.2, 0) is 4.79 Å². The maximum Gasteiger partial charge on any atom is 0.139 e. The average Bonchev–Trinajstić information content (AvgIpc) is 2.33. The highest BCUT2D eigenvalue weighted by molar-refractivity contribution is 5.85. The van der Waals surface area contributed by atoms with E-state index in [-0.39, 0.29) is 22.9 Å². The Hall–Kier alpha value is -1.69. The highest BCUT2D eigenvalue weighted by atomic mass is 19.1. The van der Waals surface area contributed by atoms with Gasteiger partial charge in [-0.15, -0.1) is 0 Å². The van der Waals surface area contributed by atoms with Crippen molar-refractivity contribution in [3.63, 3.8) is 0 Å². The Morgan fingerprint density at radius 2 is 2.17 bits per heavy atom. The zero-order chi connectivity index (χ0) is 13.3. The summed E-state index contributed by atoms with van der Waals surface area (Å²) >= 11 is 0. The van der Waals surface area contributed by atoms with Crippen LogP contribution in [-0.4, -0.2) is 5.78 Å². The summed E-state index contributed by atoms with van der Waals surface area (Å²) in [6.45, 7) is 3.89. The van der Waals surface area contributed by atoms with Crippen molar-refractivity contribution in [2.24, 2.45) is 5.41 Å². The van der Waals surface area contributed by atoms with Gasteiger partial charge in [0.2, 0.25) is 0 Å². The zero-order valence-corrected chi connectivity index (χ0v) is 10.7. The molecular formula is C15H16FNO. The van der Waals surface area contributed by atoms with E-state index in [1.807, 2.05) is 19.9 Å². The Bertz CT molecular complexity index is 528. The van der Waals surface area contributed by atoms with E-state index in [0.29, 0.717) is 17.5 Å². The molecule has 0 radical (unpaired) electrons. The summed E-state index contributed by atoms with van der Waals surface area (Å²) in [5.41, 5.74) is 0.608.